The molecule has 1 atom stereocenters. The first-order chi connectivity index (χ1) is 16.4. The van der Waals surface area contributed by atoms with Gasteiger partial charge in [-0.3, -0.25) is 9.69 Å². The first-order valence-corrected chi connectivity index (χ1v) is 13.4. The maximum atomic E-state index is 13.9. The monoisotopic (exact) mass is 551 g/mol. The maximum Gasteiger partial charge on any atom is 0.416 e. The van der Waals surface area contributed by atoms with E-state index in [-0.39, 0.29) is 56.4 Å². The van der Waals surface area contributed by atoms with Gasteiger partial charge in [-0.25, -0.2) is 8.42 Å². The molecule has 0 bridgehead atoms. The molecule has 1 amide bonds. The molecule has 0 aromatic heterocycles. The minimum absolute atomic E-state index is 0.00421. The van der Waals surface area contributed by atoms with Gasteiger partial charge in [-0.2, -0.15) is 13.2 Å². The van der Waals surface area contributed by atoms with Crippen LogP contribution in [0.1, 0.15) is 40.4 Å². The predicted octanol–water partition coefficient (Wildman–Crippen LogP) is 4.52. The van der Waals surface area contributed by atoms with Crippen molar-refractivity contribution in [2.75, 3.05) is 25.4 Å². The van der Waals surface area contributed by atoms with E-state index in [1.807, 2.05) is 4.90 Å². The Hall–Kier alpha value is -1.85. The van der Waals surface area contributed by atoms with Crippen molar-refractivity contribution in [2.24, 2.45) is 11.7 Å². The van der Waals surface area contributed by atoms with Crippen molar-refractivity contribution in [1.82, 2.24) is 10.2 Å². The number of carbonyl (C=O) groups excluding carboxylic acids is 1. The lowest BCUT2D eigenvalue weighted by Gasteiger charge is -2.21. The van der Waals surface area contributed by atoms with Crippen LogP contribution in [-0.2, 0) is 29.1 Å². The zero-order chi connectivity index (χ0) is 26.0. The van der Waals surface area contributed by atoms with E-state index >= 15 is 0 Å². The molecule has 3 rings (SSSR count). The van der Waals surface area contributed by atoms with Crippen LogP contribution in [0.5, 0.6) is 0 Å². The molecule has 35 heavy (non-hydrogen) atoms. The topological polar surface area (TPSA) is 92.5 Å². The molecule has 6 nitrogen and oxygen atoms in total. The van der Waals surface area contributed by atoms with Crippen molar-refractivity contribution in [3.05, 3.63) is 62.6 Å². The van der Waals surface area contributed by atoms with E-state index in [0.29, 0.717) is 19.6 Å². The van der Waals surface area contributed by atoms with Crippen LogP contribution in [0.4, 0.5) is 13.2 Å². The number of rotatable bonds is 8. The average Bonchev–Trinajstić information content (AvgIpc) is 3.25. The second kappa shape index (κ2) is 11.0. The van der Waals surface area contributed by atoms with Crippen LogP contribution < -0.4 is 11.1 Å². The molecule has 192 valence electrons. The largest absolute Gasteiger partial charge is 0.416 e. The van der Waals surface area contributed by atoms with Crippen molar-refractivity contribution in [1.29, 1.82) is 0 Å². The van der Waals surface area contributed by atoms with Gasteiger partial charge >= 0.3 is 6.18 Å². The van der Waals surface area contributed by atoms with Crippen LogP contribution in [0.2, 0.25) is 10.0 Å². The SMILES string of the molecule is CCS(=O)(=O)c1ccc(Cl)cc1CNC(=O)c1cc(Cl)c(CN2CCC(CN)C2)c(C(F)(F)F)c1. The van der Waals surface area contributed by atoms with E-state index in [1.165, 1.54) is 31.2 Å². The summed E-state index contributed by atoms with van der Waals surface area (Å²) in [6.45, 7) is 2.88. The van der Waals surface area contributed by atoms with Gasteiger partial charge in [-0.1, -0.05) is 30.1 Å². The minimum atomic E-state index is -4.72. The molecule has 0 aliphatic carbocycles. The first kappa shape index (κ1) is 27.7. The molecule has 1 unspecified atom stereocenters. The highest BCUT2D eigenvalue weighted by molar-refractivity contribution is 7.91. The number of amides is 1. The van der Waals surface area contributed by atoms with E-state index in [1.54, 1.807) is 0 Å². The lowest BCUT2D eigenvalue weighted by atomic mass is 10.0. The lowest BCUT2D eigenvalue weighted by molar-refractivity contribution is -0.138. The molecular weight excluding hydrogens is 526 g/mol. The Balaban J connectivity index is 1.86. The van der Waals surface area contributed by atoms with Crippen molar-refractivity contribution in [3.8, 4) is 0 Å². The van der Waals surface area contributed by atoms with E-state index in [4.69, 9.17) is 28.9 Å². The Labute approximate surface area is 212 Å². The van der Waals surface area contributed by atoms with Crippen LogP contribution in [0.3, 0.4) is 0 Å². The third-order valence-corrected chi connectivity index (χ3v) is 8.43. The zero-order valence-corrected chi connectivity index (χ0v) is 21.3. The van der Waals surface area contributed by atoms with Gasteiger partial charge in [0.1, 0.15) is 0 Å². The molecule has 12 heteroatoms. The number of nitrogens with two attached hydrogens (primary N) is 1. The Morgan fingerprint density at radius 1 is 1.23 bits per heavy atom. The molecule has 1 aliphatic heterocycles. The van der Waals surface area contributed by atoms with Gasteiger partial charge in [-0.05, 0) is 66.9 Å². The summed E-state index contributed by atoms with van der Waals surface area (Å²) in [7, 11) is -3.61. The summed E-state index contributed by atoms with van der Waals surface area (Å²) in [6.07, 6.45) is -3.92. The fourth-order valence-electron chi connectivity index (χ4n) is 4.08. The van der Waals surface area contributed by atoms with Gasteiger partial charge in [0.05, 0.1) is 16.2 Å². The molecule has 1 fully saturated rings. The quantitative estimate of drug-likeness (QED) is 0.503. The molecule has 2 aromatic rings. The lowest BCUT2D eigenvalue weighted by Crippen LogP contribution is -2.27. The number of likely N-dealkylation sites (tertiary alicyclic amines) is 1. The summed E-state index contributed by atoms with van der Waals surface area (Å²) in [5.41, 5.74) is 4.54. The van der Waals surface area contributed by atoms with E-state index < -0.39 is 27.5 Å². The van der Waals surface area contributed by atoms with Gasteiger partial charge in [0.25, 0.3) is 5.91 Å². The third-order valence-electron chi connectivity index (χ3n) is 6.03. The van der Waals surface area contributed by atoms with Crippen LogP contribution in [0.25, 0.3) is 0 Å². The standard InChI is InChI=1S/C23H26Cl2F3N3O3S/c1-2-35(33,34)21-4-3-17(24)7-16(21)11-30-22(32)15-8-19(23(26,27)28)18(20(25)9-15)13-31-6-5-14(10-29)12-31/h3-4,7-9,14H,2,5-6,10-13,29H2,1H3,(H,30,32). The highest BCUT2D eigenvalue weighted by Crippen LogP contribution is 2.37. The fraction of sp³-hybridized carbons (Fsp3) is 0.435. The Bertz CT molecular complexity index is 1210. The van der Waals surface area contributed by atoms with E-state index in [2.05, 4.69) is 5.32 Å². The number of nitrogens with zero attached hydrogens (tertiary/aromatic N) is 1. The molecule has 0 spiro atoms. The highest BCUT2D eigenvalue weighted by atomic mass is 35.5. The number of sulfone groups is 1. The molecule has 1 aliphatic rings. The van der Waals surface area contributed by atoms with E-state index in [0.717, 1.165) is 12.5 Å². The number of benzene rings is 2. The molecule has 0 radical (unpaired) electrons. The van der Waals surface area contributed by atoms with Crippen LogP contribution >= 0.6 is 23.2 Å². The summed E-state index contributed by atoms with van der Waals surface area (Å²) in [5, 5.41) is 2.57. The van der Waals surface area contributed by atoms with Crippen LogP contribution in [0, 0.1) is 5.92 Å². The summed E-state index contributed by atoms with van der Waals surface area (Å²) in [6, 6.07) is 6.11. The number of nitrogens with one attached hydrogen (secondary N) is 1. The van der Waals surface area contributed by atoms with Gasteiger partial charge in [0.2, 0.25) is 0 Å². The summed E-state index contributed by atoms with van der Waals surface area (Å²) in [5.74, 6) is -0.765. The first-order valence-electron chi connectivity index (χ1n) is 11.0. The average molecular weight is 552 g/mol. The normalized spacial score (nSPS) is 17.1. The Kier molecular flexibility index (Phi) is 8.75. The van der Waals surface area contributed by atoms with Crippen molar-refractivity contribution < 1.29 is 26.4 Å². The van der Waals surface area contributed by atoms with Crippen LogP contribution in [0.15, 0.2) is 35.2 Å². The number of alkyl halides is 3. The van der Waals surface area contributed by atoms with Crippen LogP contribution in [-0.4, -0.2) is 44.6 Å². The number of halogens is 5. The van der Waals surface area contributed by atoms with Gasteiger partial charge in [0, 0.05) is 35.2 Å². The van der Waals surface area contributed by atoms with Crippen molar-refractivity contribution >= 4 is 38.9 Å². The fourth-order valence-corrected chi connectivity index (χ4v) is 5.67. The summed E-state index contributed by atoms with van der Waals surface area (Å²) < 4.78 is 66.4. The highest BCUT2D eigenvalue weighted by Gasteiger charge is 2.36. The van der Waals surface area contributed by atoms with Gasteiger partial charge < -0.3 is 11.1 Å². The Morgan fingerprint density at radius 2 is 1.94 bits per heavy atom. The molecule has 0 saturated carbocycles. The second-order valence-electron chi connectivity index (χ2n) is 8.45. The molecule has 3 N–H and O–H groups in total. The van der Waals surface area contributed by atoms with Crippen molar-refractivity contribution in [3.63, 3.8) is 0 Å². The number of hydrogen-bond acceptors (Lipinski definition) is 5. The zero-order valence-electron chi connectivity index (χ0n) is 19.0. The Morgan fingerprint density at radius 3 is 2.54 bits per heavy atom. The van der Waals surface area contributed by atoms with E-state index in [9.17, 15) is 26.4 Å². The minimum Gasteiger partial charge on any atom is -0.348 e. The molecule has 2 aromatic carbocycles. The predicted molar refractivity (Wildman–Crippen MR) is 129 cm³/mol. The third kappa shape index (κ3) is 6.68. The molecule has 1 saturated heterocycles. The van der Waals surface area contributed by atoms with Crippen molar-refractivity contribution in [2.45, 2.75) is 37.5 Å². The number of carbonyl (C=O) groups is 1. The van der Waals surface area contributed by atoms with Gasteiger partial charge in [-0.15, -0.1) is 0 Å². The molecule has 1 heterocycles. The molecular formula is C23H26Cl2F3N3O3S. The summed E-state index contributed by atoms with van der Waals surface area (Å²) in [4.78, 5) is 14.6. The number of hydrogen-bond donors (Lipinski definition) is 2. The second-order valence-corrected chi connectivity index (χ2v) is 11.5. The maximum absolute atomic E-state index is 13.9. The van der Waals surface area contributed by atoms with Gasteiger partial charge in [0.15, 0.2) is 9.84 Å². The summed E-state index contributed by atoms with van der Waals surface area (Å²) >= 11 is 12.2. The smallest absolute Gasteiger partial charge is 0.348 e.